The molecule has 2 unspecified atom stereocenters. The van der Waals surface area contributed by atoms with Gasteiger partial charge in [-0.3, -0.25) is 9.59 Å². The van der Waals surface area contributed by atoms with Crippen molar-refractivity contribution in [2.45, 2.75) is 18.5 Å². The van der Waals surface area contributed by atoms with Crippen LogP contribution in [-0.4, -0.2) is 42.7 Å². The van der Waals surface area contributed by atoms with Gasteiger partial charge in [0.25, 0.3) is 0 Å². The number of benzene rings is 1. The van der Waals surface area contributed by atoms with Gasteiger partial charge in [0.1, 0.15) is 6.04 Å². The third-order valence-corrected chi connectivity index (χ3v) is 2.70. The molecule has 0 heterocycles. The number of nitrogens with one attached hydrogen (secondary N) is 2. The summed E-state index contributed by atoms with van der Waals surface area (Å²) in [4.78, 5) is 23.1. The van der Waals surface area contributed by atoms with E-state index in [1.165, 1.54) is 7.05 Å². The van der Waals surface area contributed by atoms with E-state index in [4.69, 9.17) is 10.8 Å². The zero-order valence-corrected chi connectivity index (χ0v) is 10.8. The number of hydrogen-bond acceptors (Lipinski definition) is 4. The molecule has 0 aromatic heterocycles. The molecule has 6 nitrogen and oxygen atoms in total. The predicted molar refractivity (Wildman–Crippen MR) is 71.2 cm³/mol. The number of aliphatic hydroxyl groups excluding tert-OH is 1. The molecule has 1 rings (SSSR count). The first-order chi connectivity index (χ1) is 9.08. The average molecular weight is 265 g/mol. The summed E-state index contributed by atoms with van der Waals surface area (Å²) in [5, 5.41) is 13.8. The Hall–Kier alpha value is -1.92. The summed E-state index contributed by atoms with van der Waals surface area (Å²) >= 11 is 0. The number of carbonyl (C=O) groups is 2. The van der Waals surface area contributed by atoms with Crippen LogP contribution in [0.2, 0.25) is 0 Å². The number of carbonyl (C=O) groups excluding carboxylic acids is 2. The van der Waals surface area contributed by atoms with Crippen molar-refractivity contribution in [1.29, 1.82) is 0 Å². The second kappa shape index (κ2) is 7.50. The maximum atomic E-state index is 11.8. The SMILES string of the molecule is CNC(=O)C(CO)NC(=O)C(N)Cc1ccccc1. The highest BCUT2D eigenvalue weighted by molar-refractivity contribution is 5.89. The quantitative estimate of drug-likeness (QED) is 0.517. The van der Waals surface area contributed by atoms with Gasteiger partial charge < -0.3 is 21.5 Å². The van der Waals surface area contributed by atoms with Gasteiger partial charge in [0.2, 0.25) is 11.8 Å². The number of hydrogen-bond donors (Lipinski definition) is 4. The molecule has 104 valence electrons. The Morgan fingerprint density at radius 3 is 2.42 bits per heavy atom. The van der Waals surface area contributed by atoms with E-state index in [0.717, 1.165) is 5.56 Å². The maximum Gasteiger partial charge on any atom is 0.244 e. The number of aliphatic hydroxyl groups is 1. The van der Waals surface area contributed by atoms with Crippen LogP contribution in [-0.2, 0) is 16.0 Å². The van der Waals surface area contributed by atoms with Crippen LogP contribution >= 0.6 is 0 Å². The summed E-state index contributed by atoms with van der Waals surface area (Å²) in [6.45, 7) is -0.469. The van der Waals surface area contributed by atoms with Gasteiger partial charge in [0, 0.05) is 7.05 Å². The highest BCUT2D eigenvalue weighted by atomic mass is 16.3. The van der Waals surface area contributed by atoms with E-state index < -0.39 is 30.5 Å². The molecule has 0 aliphatic carbocycles. The lowest BCUT2D eigenvalue weighted by Gasteiger charge is -2.18. The zero-order valence-electron chi connectivity index (χ0n) is 10.8. The van der Waals surface area contributed by atoms with Crippen molar-refractivity contribution in [3.05, 3.63) is 35.9 Å². The molecule has 0 aliphatic rings. The summed E-state index contributed by atoms with van der Waals surface area (Å²) in [6.07, 6.45) is 0.374. The average Bonchev–Trinajstić information content (AvgIpc) is 2.44. The van der Waals surface area contributed by atoms with Crippen LogP contribution in [0.5, 0.6) is 0 Å². The first-order valence-corrected chi connectivity index (χ1v) is 6.00. The van der Waals surface area contributed by atoms with Crippen molar-refractivity contribution in [2.75, 3.05) is 13.7 Å². The third kappa shape index (κ3) is 4.69. The number of nitrogens with two attached hydrogens (primary N) is 1. The number of likely N-dealkylation sites (N-methyl/N-ethyl adjacent to an activating group) is 1. The van der Waals surface area contributed by atoms with E-state index in [2.05, 4.69) is 10.6 Å². The molecule has 1 aromatic carbocycles. The summed E-state index contributed by atoms with van der Waals surface area (Å²) in [5.41, 5.74) is 6.70. The van der Waals surface area contributed by atoms with Crippen molar-refractivity contribution < 1.29 is 14.7 Å². The molecule has 0 fully saturated rings. The minimum Gasteiger partial charge on any atom is -0.394 e. The van der Waals surface area contributed by atoms with Crippen molar-refractivity contribution in [3.63, 3.8) is 0 Å². The van der Waals surface area contributed by atoms with Gasteiger partial charge in [-0.05, 0) is 12.0 Å². The van der Waals surface area contributed by atoms with Crippen LogP contribution in [0.25, 0.3) is 0 Å². The minimum absolute atomic E-state index is 0.374. The number of rotatable bonds is 6. The Kier molecular flexibility index (Phi) is 5.98. The Bertz CT molecular complexity index is 422. The van der Waals surface area contributed by atoms with E-state index in [1.54, 1.807) is 0 Å². The molecule has 0 bridgehead atoms. The number of amides is 2. The van der Waals surface area contributed by atoms with E-state index >= 15 is 0 Å². The first-order valence-electron chi connectivity index (χ1n) is 6.00. The molecule has 0 aliphatic heterocycles. The predicted octanol–water partition coefficient (Wildman–Crippen LogP) is -1.22. The molecule has 6 heteroatoms. The molecule has 2 amide bonds. The van der Waals surface area contributed by atoms with Gasteiger partial charge in [-0.2, -0.15) is 0 Å². The summed E-state index contributed by atoms with van der Waals surface area (Å²) in [7, 11) is 1.43. The largest absolute Gasteiger partial charge is 0.394 e. The van der Waals surface area contributed by atoms with E-state index in [1.807, 2.05) is 30.3 Å². The van der Waals surface area contributed by atoms with Gasteiger partial charge in [-0.25, -0.2) is 0 Å². The molecule has 0 saturated carbocycles. The van der Waals surface area contributed by atoms with Gasteiger partial charge in [-0.1, -0.05) is 30.3 Å². The van der Waals surface area contributed by atoms with E-state index in [0.29, 0.717) is 6.42 Å². The van der Waals surface area contributed by atoms with Crippen molar-refractivity contribution in [3.8, 4) is 0 Å². The summed E-state index contributed by atoms with van der Waals surface area (Å²) < 4.78 is 0. The molecule has 0 spiro atoms. The highest BCUT2D eigenvalue weighted by Gasteiger charge is 2.22. The fraction of sp³-hybridized carbons (Fsp3) is 0.385. The van der Waals surface area contributed by atoms with Gasteiger partial charge in [0.15, 0.2) is 0 Å². The molecule has 19 heavy (non-hydrogen) atoms. The van der Waals surface area contributed by atoms with Crippen LogP contribution in [0.4, 0.5) is 0 Å². The standard InChI is InChI=1S/C13H19N3O3/c1-15-13(19)11(8-17)16-12(18)10(14)7-9-5-3-2-4-6-9/h2-6,10-11,17H,7-8,14H2,1H3,(H,15,19)(H,16,18). The Morgan fingerprint density at radius 2 is 1.89 bits per heavy atom. The second-order valence-electron chi connectivity index (χ2n) is 4.15. The maximum absolute atomic E-state index is 11.8. The lowest BCUT2D eigenvalue weighted by atomic mass is 10.1. The zero-order chi connectivity index (χ0) is 14.3. The van der Waals surface area contributed by atoms with Gasteiger partial charge >= 0.3 is 0 Å². The van der Waals surface area contributed by atoms with Crippen LogP contribution in [0, 0.1) is 0 Å². The van der Waals surface area contributed by atoms with Crippen LogP contribution in [0.3, 0.4) is 0 Å². The fourth-order valence-electron chi connectivity index (χ4n) is 1.61. The van der Waals surface area contributed by atoms with Crippen LogP contribution in [0.15, 0.2) is 30.3 Å². The van der Waals surface area contributed by atoms with Crippen molar-refractivity contribution in [2.24, 2.45) is 5.73 Å². The second-order valence-corrected chi connectivity index (χ2v) is 4.15. The minimum atomic E-state index is -0.973. The molecule has 5 N–H and O–H groups in total. The third-order valence-electron chi connectivity index (χ3n) is 2.70. The van der Waals surface area contributed by atoms with Crippen molar-refractivity contribution in [1.82, 2.24) is 10.6 Å². The first kappa shape index (κ1) is 15.1. The topological polar surface area (TPSA) is 104 Å². The molecule has 2 atom stereocenters. The molecule has 0 radical (unpaired) electrons. The van der Waals surface area contributed by atoms with Gasteiger partial charge in [0.05, 0.1) is 12.6 Å². The lowest BCUT2D eigenvalue weighted by Crippen LogP contribution is -2.53. The molecular weight excluding hydrogens is 246 g/mol. The smallest absolute Gasteiger partial charge is 0.244 e. The molecule has 1 aromatic rings. The Labute approximate surface area is 112 Å². The monoisotopic (exact) mass is 265 g/mol. The summed E-state index contributed by atoms with van der Waals surface area (Å²) in [5.74, 6) is -0.922. The Morgan fingerprint density at radius 1 is 1.26 bits per heavy atom. The Balaban J connectivity index is 2.55. The van der Waals surface area contributed by atoms with E-state index in [9.17, 15) is 9.59 Å². The van der Waals surface area contributed by atoms with Crippen molar-refractivity contribution >= 4 is 11.8 Å². The normalized spacial score (nSPS) is 13.4. The molecule has 0 saturated heterocycles. The highest BCUT2D eigenvalue weighted by Crippen LogP contribution is 2.02. The fourth-order valence-corrected chi connectivity index (χ4v) is 1.61. The molecular formula is C13H19N3O3. The summed E-state index contributed by atoms with van der Waals surface area (Å²) in [6, 6.07) is 7.61. The van der Waals surface area contributed by atoms with Gasteiger partial charge in [-0.15, -0.1) is 0 Å². The van der Waals surface area contributed by atoms with Crippen LogP contribution < -0.4 is 16.4 Å². The van der Waals surface area contributed by atoms with Crippen LogP contribution in [0.1, 0.15) is 5.56 Å². The lowest BCUT2D eigenvalue weighted by molar-refractivity contribution is -0.130. The van der Waals surface area contributed by atoms with E-state index in [-0.39, 0.29) is 0 Å².